The number of hydrogen-bond acceptors (Lipinski definition) is 3. The molecule has 2 aromatic rings. The van der Waals surface area contributed by atoms with Crippen molar-refractivity contribution in [2.24, 2.45) is 4.99 Å². The summed E-state index contributed by atoms with van der Waals surface area (Å²) in [5.74, 6) is 0. The van der Waals surface area contributed by atoms with Crippen molar-refractivity contribution in [3.05, 3.63) is 65.0 Å². The molecule has 0 saturated carbocycles. The Labute approximate surface area is 147 Å². The highest BCUT2D eigenvalue weighted by atomic mass is 16.5. The molecule has 4 rings (SSSR count). The monoisotopic (exact) mass is 327 g/mol. The Morgan fingerprint density at radius 1 is 1.12 bits per heavy atom. The van der Waals surface area contributed by atoms with E-state index in [1.165, 1.54) is 5.56 Å². The summed E-state index contributed by atoms with van der Waals surface area (Å²) in [4.78, 5) is 7.63. The third kappa shape index (κ3) is 2.61. The zero-order valence-corrected chi connectivity index (χ0v) is 13.8. The van der Waals surface area contributed by atoms with E-state index >= 15 is 0 Å². The topological polar surface area (TPSA) is 49.7 Å². The highest BCUT2D eigenvalue weighted by Crippen LogP contribution is 2.47. The minimum absolute atomic E-state index is 0.0557. The summed E-state index contributed by atoms with van der Waals surface area (Å²) >= 11 is 0. The first kappa shape index (κ1) is 15.6. The van der Waals surface area contributed by atoms with E-state index in [1.54, 1.807) is 0 Å². The molecule has 0 atom stereocenters. The van der Waals surface area contributed by atoms with Gasteiger partial charge in [0.05, 0.1) is 12.3 Å². The molecule has 4 nitrogen and oxygen atoms in total. The van der Waals surface area contributed by atoms with Gasteiger partial charge in [-0.1, -0.05) is 30.3 Å². The van der Waals surface area contributed by atoms with Crippen molar-refractivity contribution in [3.63, 3.8) is 0 Å². The second-order valence-electron chi connectivity index (χ2n) is 6.65. The predicted molar refractivity (Wildman–Crippen MR) is 96.6 cm³/mol. The number of aliphatic imine (C=N–C) groups is 1. The van der Waals surface area contributed by atoms with Gasteiger partial charge in [0.25, 0.3) is 0 Å². The van der Waals surface area contributed by atoms with Gasteiger partial charge < -0.3 is 4.74 Å². The van der Waals surface area contributed by atoms with Gasteiger partial charge in [-0.3, -0.25) is 0 Å². The number of nitrogens with zero attached hydrogens (tertiary/aromatic N) is 3. The van der Waals surface area contributed by atoms with Crippen molar-refractivity contribution in [2.45, 2.75) is 24.7 Å². The molecule has 0 amide bonds. The standard InChI is InChI=1S/C21H17N3O/c1-23-17-4-2-3-15(11-17)16-5-6-19-18(12-16)20(24-14-22)13-21(19)7-9-25-10-8-21/h2-6,11-12H,7-10,13H2/b24-20+. The molecule has 0 bridgehead atoms. The maximum Gasteiger partial charge on any atom is 0.205 e. The van der Waals surface area contributed by atoms with Crippen LogP contribution in [0.1, 0.15) is 30.4 Å². The first-order chi connectivity index (χ1) is 12.3. The Balaban J connectivity index is 1.83. The van der Waals surface area contributed by atoms with Crippen molar-refractivity contribution in [3.8, 4) is 17.3 Å². The Morgan fingerprint density at radius 3 is 2.68 bits per heavy atom. The van der Waals surface area contributed by atoms with Crippen LogP contribution in [0.25, 0.3) is 16.0 Å². The molecule has 25 heavy (non-hydrogen) atoms. The maximum atomic E-state index is 9.10. The van der Waals surface area contributed by atoms with Gasteiger partial charge in [0.1, 0.15) is 0 Å². The Hall–Kier alpha value is -2.95. The van der Waals surface area contributed by atoms with Crippen LogP contribution in [0, 0.1) is 18.0 Å². The quantitative estimate of drug-likeness (QED) is 0.566. The summed E-state index contributed by atoms with van der Waals surface area (Å²) in [6, 6.07) is 14.0. The SMILES string of the molecule is [C-]#[N+]c1cccc(-c2ccc3c(c2)/C(=N/C#N)CC32CCOCC2)c1. The summed E-state index contributed by atoms with van der Waals surface area (Å²) in [7, 11) is 0. The van der Waals surface area contributed by atoms with Gasteiger partial charge in [-0.05, 0) is 41.7 Å². The first-order valence-corrected chi connectivity index (χ1v) is 8.42. The fourth-order valence-electron chi connectivity index (χ4n) is 4.06. The molecule has 1 aliphatic heterocycles. The van der Waals surface area contributed by atoms with E-state index in [-0.39, 0.29) is 5.41 Å². The van der Waals surface area contributed by atoms with Crippen LogP contribution in [0.15, 0.2) is 47.5 Å². The van der Waals surface area contributed by atoms with Crippen LogP contribution in [-0.4, -0.2) is 18.9 Å². The fraction of sp³-hybridized carbons (Fsp3) is 0.286. The lowest BCUT2D eigenvalue weighted by Gasteiger charge is -2.34. The molecule has 1 aliphatic carbocycles. The van der Waals surface area contributed by atoms with Crippen molar-refractivity contribution >= 4 is 11.4 Å². The molecule has 0 N–H and O–H groups in total. The molecule has 1 saturated heterocycles. The van der Waals surface area contributed by atoms with E-state index < -0.39 is 0 Å². The number of fused-ring (bicyclic) bond motifs is 2. The van der Waals surface area contributed by atoms with E-state index in [0.29, 0.717) is 5.69 Å². The molecular weight excluding hydrogens is 310 g/mol. The van der Waals surface area contributed by atoms with E-state index in [0.717, 1.165) is 54.9 Å². The van der Waals surface area contributed by atoms with Crippen molar-refractivity contribution in [1.29, 1.82) is 5.26 Å². The van der Waals surface area contributed by atoms with Crippen LogP contribution in [0.3, 0.4) is 0 Å². The van der Waals surface area contributed by atoms with Crippen LogP contribution >= 0.6 is 0 Å². The van der Waals surface area contributed by atoms with Gasteiger partial charge in [0.15, 0.2) is 5.69 Å². The van der Waals surface area contributed by atoms with E-state index in [2.05, 4.69) is 28.0 Å². The molecule has 122 valence electrons. The average molecular weight is 327 g/mol. The average Bonchev–Trinajstić information content (AvgIpc) is 2.95. The number of ether oxygens (including phenoxy) is 1. The summed E-state index contributed by atoms with van der Waals surface area (Å²) < 4.78 is 5.55. The van der Waals surface area contributed by atoms with E-state index in [1.807, 2.05) is 30.5 Å². The van der Waals surface area contributed by atoms with Crippen molar-refractivity contribution in [1.82, 2.24) is 0 Å². The van der Waals surface area contributed by atoms with E-state index in [4.69, 9.17) is 16.6 Å². The summed E-state index contributed by atoms with van der Waals surface area (Å²) in [5.41, 5.74) is 6.00. The van der Waals surface area contributed by atoms with Gasteiger partial charge in [-0.25, -0.2) is 4.85 Å². The highest BCUT2D eigenvalue weighted by Gasteiger charge is 2.43. The third-order valence-electron chi connectivity index (χ3n) is 5.35. The second kappa shape index (κ2) is 6.16. The lowest BCUT2D eigenvalue weighted by molar-refractivity contribution is 0.0541. The first-order valence-electron chi connectivity index (χ1n) is 8.42. The van der Waals surface area contributed by atoms with Crippen LogP contribution in [0.2, 0.25) is 0 Å². The summed E-state index contributed by atoms with van der Waals surface area (Å²) in [5, 5.41) is 9.10. The van der Waals surface area contributed by atoms with Crippen molar-refractivity contribution in [2.75, 3.05) is 13.2 Å². The Bertz CT molecular complexity index is 940. The predicted octanol–water partition coefficient (Wildman–Crippen LogP) is 4.63. The van der Waals surface area contributed by atoms with Crippen LogP contribution in [0.5, 0.6) is 0 Å². The van der Waals surface area contributed by atoms with Gasteiger partial charge >= 0.3 is 0 Å². The normalized spacial score (nSPS) is 19.4. The molecule has 4 heteroatoms. The smallest absolute Gasteiger partial charge is 0.205 e. The van der Waals surface area contributed by atoms with E-state index in [9.17, 15) is 0 Å². The minimum atomic E-state index is 0.0557. The van der Waals surface area contributed by atoms with Crippen LogP contribution < -0.4 is 0 Å². The number of hydrogen-bond donors (Lipinski definition) is 0. The maximum absolute atomic E-state index is 9.10. The van der Waals surface area contributed by atoms with Gasteiger partial charge in [0.2, 0.25) is 6.19 Å². The van der Waals surface area contributed by atoms with Crippen molar-refractivity contribution < 1.29 is 4.74 Å². The molecule has 0 unspecified atom stereocenters. The molecule has 0 aromatic heterocycles. The number of nitriles is 1. The highest BCUT2D eigenvalue weighted by molar-refractivity contribution is 6.07. The Kier molecular flexibility index (Phi) is 3.84. The van der Waals surface area contributed by atoms with Gasteiger partial charge in [-0.2, -0.15) is 10.3 Å². The molecular formula is C21H17N3O. The number of rotatable bonds is 1. The van der Waals surface area contributed by atoms with Gasteiger partial charge in [-0.15, -0.1) is 0 Å². The Morgan fingerprint density at radius 2 is 1.92 bits per heavy atom. The minimum Gasteiger partial charge on any atom is -0.381 e. The zero-order chi connectivity index (χ0) is 17.3. The third-order valence-corrected chi connectivity index (χ3v) is 5.35. The largest absolute Gasteiger partial charge is 0.381 e. The summed E-state index contributed by atoms with van der Waals surface area (Å²) in [6.07, 6.45) is 4.72. The summed E-state index contributed by atoms with van der Waals surface area (Å²) in [6.45, 7) is 8.72. The molecule has 1 spiro atoms. The van der Waals surface area contributed by atoms with Crippen LogP contribution in [0.4, 0.5) is 5.69 Å². The molecule has 2 aliphatic rings. The van der Waals surface area contributed by atoms with Crippen LogP contribution in [-0.2, 0) is 10.2 Å². The fourth-order valence-corrected chi connectivity index (χ4v) is 4.06. The molecule has 2 aromatic carbocycles. The molecule has 1 fully saturated rings. The molecule has 1 heterocycles. The second-order valence-corrected chi connectivity index (χ2v) is 6.65. The molecule has 0 radical (unpaired) electrons. The lowest BCUT2D eigenvalue weighted by atomic mass is 9.75. The van der Waals surface area contributed by atoms with Gasteiger partial charge in [0, 0.05) is 30.6 Å². The lowest BCUT2D eigenvalue weighted by Crippen LogP contribution is -2.31. The number of benzene rings is 2. The zero-order valence-electron chi connectivity index (χ0n) is 13.8.